The maximum Gasteiger partial charge on any atom is 0.490 e. The van der Waals surface area contributed by atoms with Crippen LogP contribution in [0.15, 0.2) is 54.9 Å². The summed E-state index contributed by atoms with van der Waals surface area (Å²) in [6.07, 6.45) is -6.26. The third-order valence-corrected chi connectivity index (χ3v) is 4.33. The molecule has 0 saturated carbocycles. The minimum Gasteiger partial charge on any atom is -0.496 e. The molecule has 16 heteroatoms. The standard InChI is InChI=1S/C20H18N2O4.2C2HF3O2/c1-24-17-8-4-3-7-16(17)20-14(6-5-9-21-20)13-26-18-11-22-19(25-2)10-15(18)12-23;2*3-2(4,5)1(6)7/h3-12H,13H2,1-2H3;2*(H,6,7). The predicted molar refractivity (Wildman–Crippen MR) is 124 cm³/mol. The molecular weight excluding hydrogens is 558 g/mol. The third-order valence-electron chi connectivity index (χ3n) is 4.33. The van der Waals surface area contributed by atoms with Crippen molar-refractivity contribution in [3.63, 3.8) is 0 Å². The van der Waals surface area contributed by atoms with Gasteiger partial charge in [-0.2, -0.15) is 26.3 Å². The number of carbonyl (C=O) groups is 3. The molecule has 0 aliphatic rings. The lowest BCUT2D eigenvalue weighted by atomic mass is 10.1. The molecule has 3 rings (SSSR count). The minimum absolute atomic E-state index is 0.232. The normalized spacial score (nSPS) is 10.6. The zero-order valence-corrected chi connectivity index (χ0v) is 20.5. The van der Waals surface area contributed by atoms with E-state index in [0.29, 0.717) is 23.5 Å². The second kappa shape index (κ2) is 14.9. The third kappa shape index (κ3) is 10.5. The summed E-state index contributed by atoms with van der Waals surface area (Å²) in [5.74, 6) is -4.04. The fourth-order valence-electron chi connectivity index (χ4n) is 2.56. The van der Waals surface area contributed by atoms with Crippen molar-refractivity contribution in [2.45, 2.75) is 19.0 Å². The van der Waals surface area contributed by atoms with Crippen molar-refractivity contribution in [3.8, 4) is 28.6 Å². The lowest BCUT2D eigenvalue weighted by Crippen LogP contribution is -2.21. The van der Waals surface area contributed by atoms with Crippen molar-refractivity contribution in [3.05, 3.63) is 66.0 Å². The molecule has 2 aromatic heterocycles. The van der Waals surface area contributed by atoms with Gasteiger partial charge in [-0.1, -0.05) is 18.2 Å². The van der Waals surface area contributed by atoms with E-state index < -0.39 is 24.3 Å². The second-order valence-electron chi connectivity index (χ2n) is 6.99. The number of para-hydroxylation sites is 1. The zero-order valence-electron chi connectivity index (χ0n) is 20.5. The number of methoxy groups -OCH3 is 2. The lowest BCUT2D eigenvalue weighted by molar-refractivity contribution is -0.193. The Kier molecular flexibility index (Phi) is 12.3. The van der Waals surface area contributed by atoms with Crippen LogP contribution in [-0.2, 0) is 16.2 Å². The summed E-state index contributed by atoms with van der Waals surface area (Å²) in [5, 5.41) is 14.2. The van der Waals surface area contributed by atoms with Crippen LogP contribution >= 0.6 is 0 Å². The van der Waals surface area contributed by atoms with Gasteiger partial charge in [0.2, 0.25) is 5.88 Å². The largest absolute Gasteiger partial charge is 0.496 e. The summed E-state index contributed by atoms with van der Waals surface area (Å²) in [4.78, 5) is 37.6. The number of rotatable bonds is 7. The monoisotopic (exact) mass is 578 g/mol. The quantitative estimate of drug-likeness (QED) is 0.296. The molecule has 0 atom stereocenters. The number of hydrogen-bond acceptors (Lipinski definition) is 8. The summed E-state index contributed by atoms with van der Waals surface area (Å²) < 4.78 is 79.7. The van der Waals surface area contributed by atoms with E-state index in [2.05, 4.69) is 9.97 Å². The number of aromatic nitrogens is 2. The van der Waals surface area contributed by atoms with Gasteiger partial charge in [0.1, 0.15) is 18.1 Å². The Morgan fingerprint density at radius 3 is 1.95 bits per heavy atom. The summed E-state index contributed by atoms with van der Waals surface area (Å²) in [6.45, 7) is 0.232. The minimum atomic E-state index is -5.08. The fraction of sp³-hybridized carbons (Fsp3) is 0.208. The van der Waals surface area contributed by atoms with Gasteiger partial charge in [0.05, 0.1) is 31.7 Å². The Balaban J connectivity index is 0.000000473. The highest BCUT2D eigenvalue weighted by atomic mass is 19.4. The summed E-state index contributed by atoms with van der Waals surface area (Å²) in [6, 6.07) is 12.9. The lowest BCUT2D eigenvalue weighted by Gasteiger charge is -2.13. The Morgan fingerprint density at radius 1 is 0.875 bits per heavy atom. The Hall–Kier alpha value is -4.89. The Labute approximate surface area is 221 Å². The highest BCUT2D eigenvalue weighted by molar-refractivity contribution is 5.79. The number of carboxylic acid groups (broad SMARTS) is 2. The van der Waals surface area contributed by atoms with E-state index in [1.807, 2.05) is 36.4 Å². The fourth-order valence-corrected chi connectivity index (χ4v) is 2.56. The molecule has 216 valence electrons. The van der Waals surface area contributed by atoms with Gasteiger partial charge in [-0.25, -0.2) is 14.6 Å². The molecule has 0 saturated heterocycles. The van der Waals surface area contributed by atoms with Crippen molar-refractivity contribution in [2.75, 3.05) is 14.2 Å². The molecule has 10 nitrogen and oxygen atoms in total. The van der Waals surface area contributed by atoms with Crippen molar-refractivity contribution < 1.29 is 65.1 Å². The topological polar surface area (TPSA) is 145 Å². The number of halogens is 6. The van der Waals surface area contributed by atoms with Gasteiger partial charge in [-0.15, -0.1) is 0 Å². The van der Waals surface area contributed by atoms with E-state index in [1.165, 1.54) is 19.4 Å². The number of aliphatic carboxylic acids is 2. The molecule has 1 aromatic carbocycles. The first-order valence-corrected chi connectivity index (χ1v) is 10.4. The average molecular weight is 578 g/mol. The van der Waals surface area contributed by atoms with Crippen LogP contribution in [0.2, 0.25) is 0 Å². The molecule has 0 aliphatic carbocycles. The van der Waals surface area contributed by atoms with Gasteiger partial charge in [-0.05, 0) is 18.2 Å². The van der Waals surface area contributed by atoms with Crippen LogP contribution < -0.4 is 14.2 Å². The first kappa shape index (κ1) is 33.1. The van der Waals surface area contributed by atoms with Crippen molar-refractivity contribution in [1.29, 1.82) is 0 Å². The SMILES string of the molecule is COc1cc(C=O)c(OCc2cccnc2-c2ccccc2OC)cn1.O=C(O)C(F)(F)F.O=C(O)C(F)(F)F. The van der Waals surface area contributed by atoms with Crippen LogP contribution in [-0.4, -0.2) is 65.0 Å². The van der Waals surface area contributed by atoms with Crippen molar-refractivity contribution in [1.82, 2.24) is 9.97 Å². The van der Waals surface area contributed by atoms with Gasteiger partial charge in [0.25, 0.3) is 0 Å². The number of carboxylic acids is 2. The first-order valence-electron chi connectivity index (χ1n) is 10.4. The van der Waals surface area contributed by atoms with Crippen LogP contribution in [0.1, 0.15) is 15.9 Å². The number of nitrogens with zero attached hydrogens (tertiary/aromatic N) is 2. The molecule has 2 N–H and O–H groups in total. The van der Waals surface area contributed by atoms with Gasteiger partial charge in [0, 0.05) is 23.4 Å². The van der Waals surface area contributed by atoms with Crippen LogP contribution in [0.5, 0.6) is 17.4 Å². The average Bonchev–Trinajstić information content (AvgIpc) is 2.91. The van der Waals surface area contributed by atoms with E-state index in [-0.39, 0.29) is 6.61 Å². The molecule has 0 spiro atoms. The number of pyridine rings is 2. The molecule has 0 unspecified atom stereocenters. The molecule has 0 aliphatic heterocycles. The smallest absolute Gasteiger partial charge is 0.490 e. The summed E-state index contributed by atoms with van der Waals surface area (Å²) in [7, 11) is 3.12. The Morgan fingerprint density at radius 2 is 1.45 bits per heavy atom. The van der Waals surface area contributed by atoms with Gasteiger partial charge >= 0.3 is 24.3 Å². The first-order chi connectivity index (χ1) is 18.6. The van der Waals surface area contributed by atoms with E-state index in [0.717, 1.165) is 22.6 Å². The number of benzene rings is 1. The Bertz CT molecular complexity index is 1270. The number of carbonyl (C=O) groups excluding carboxylic acids is 1. The molecule has 40 heavy (non-hydrogen) atoms. The van der Waals surface area contributed by atoms with Crippen LogP contribution in [0.3, 0.4) is 0 Å². The van der Waals surface area contributed by atoms with E-state index in [9.17, 15) is 31.1 Å². The van der Waals surface area contributed by atoms with Crippen LogP contribution in [0, 0.1) is 0 Å². The number of ether oxygens (including phenoxy) is 3. The number of hydrogen-bond donors (Lipinski definition) is 2. The molecule has 3 aromatic rings. The number of aldehydes is 1. The van der Waals surface area contributed by atoms with E-state index >= 15 is 0 Å². The summed E-state index contributed by atoms with van der Waals surface area (Å²) >= 11 is 0. The van der Waals surface area contributed by atoms with Gasteiger partial charge in [-0.3, -0.25) is 9.78 Å². The van der Waals surface area contributed by atoms with Gasteiger partial charge < -0.3 is 24.4 Å². The second-order valence-corrected chi connectivity index (χ2v) is 6.99. The van der Waals surface area contributed by atoms with Crippen molar-refractivity contribution >= 4 is 18.2 Å². The molecule has 0 amide bonds. The zero-order chi connectivity index (χ0) is 30.5. The van der Waals surface area contributed by atoms with E-state index in [4.69, 9.17) is 34.0 Å². The highest BCUT2D eigenvalue weighted by Crippen LogP contribution is 2.31. The van der Waals surface area contributed by atoms with Crippen LogP contribution in [0.4, 0.5) is 26.3 Å². The molecular formula is C24H20F6N2O8. The maximum absolute atomic E-state index is 11.3. The number of alkyl halides is 6. The predicted octanol–water partition coefficient (Wildman–Crippen LogP) is 4.82. The van der Waals surface area contributed by atoms with Gasteiger partial charge in [0.15, 0.2) is 6.29 Å². The molecule has 0 fully saturated rings. The van der Waals surface area contributed by atoms with Crippen molar-refractivity contribution in [2.24, 2.45) is 0 Å². The maximum atomic E-state index is 11.3. The highest BCUT2D eigenvalue weighted by Gasteiger charge is 2.38. The molecule has 0 radical (unpaired) electrons. The van der Waals surface area contributed by atoms with E-state index in [1.54, 1.807) is 13.3 Å². The molecule has 0 bridgehead atoms. The molecule has 2 heterocycles. The van der Waals surface area contributed by atoms with Crippen LogP contribution in [0.25, 0.3) is 11.3 Å². The summed E-state index contributed by atoms with van der Waals surface area (Å²) in [5.41, 5.74) is 2.88.